The minimum Gasteiger partial charge on any atom is -0.450 e. The van der Waals surface area contributed by atoms with E-state index in [0.29, 0.717) is 5.88 Å². The third kappa shape index (κ3) is 121. The van der Waals surface area contributed by atoms with Crippen LogP contribution in [-0.2, 0) is 0 Å². The molecule has 0 amide bonds. The van der Waals surface area contributed by atoms with Crippen LogP contribution in [0.3, 0.4) is 0 Å². The van der Waals surface area contributed by atoms with E-state index in [9.17, 15) is 0 Å². The zero-order valence-electron chi connectivity index (χ0n) is 5.09. The standard InChI is InChI=1S/C4H7Cl.CH2O3/c1-4(2)3-5;2-1(3)4/h1,3H2,2H3;(H2,2,3,4). The molecule has 0 aliphatic heterocycles. The molecule has 3 nitrogen and oxygen atoms in total. The van der Waals surface area contributed by atoms with Crippen molar-refractivity contribution in [2.24, 2.45) is 0 Å². The van der Waals surface area contributed by atoms with Crippen LogP contribution in [0.15, 0.2) is 12.2 Å². The van der Waals surface area contributed by atoms with Crippen molar-refractivity contribution in [3.05, 3.63) is 12.2 Å². The second kappa shape index (κ2) is 7.30. The molecule has 0 rings (SSSR count). The van der Waals surface area contributed by atoms with Crippen LogP contribution >= 0.6 is 11.6 Å². The summed E-state index contributed by atoms with van der Waals surface area (Å²) in [6, 6.07) is 0. The lowest BCUT2D eigenvalue weighted by atomic mass is 10.4. The minimum atomic E-state index is -1.83. The van der Waals surface area contributed by atoms with Gasteiger partial charge in [0, 0.05) is 5.88 Å². The van der Waals surface area contributed by atoms with Gasteiger partial charge in [-0.05, 0) is 6.92 Å². The Morgan fingerprint density at radius 1 is 1.67 bits per heavy atom. The molecule has 0 unspecified atom stereocenters. The van der Waals surface area contributed by atoms with Crippen LogP contribution in [0.25, 0.3) is 0 Å². The Labute approximate surface area is 58.6 Å². The van der Waals surface area contributed by atoms with Gasteiger partial charge >= 0.3 is 6.16 Å². The second-order valence-corrected chi connectivity index (χ2v) is 1.64. The molecule has 0 saturated heterocycles. The van der Waals surface area contributed by atoms with Crippen LogP contribution < -0.4 is 0 Å². The molecule has 0 bridgehead atoms. The molecule has 0 aromatic carbocycles. The average Bonchev–Trinajstić information content (AvgIpc) is 1.65. The molecule has 0 heterocycles. The highest BCUT2D eigenvalue weighted by atomic mass is 35.5. The summed E-state index contributed by atoms with van der Waals surface area (Å²) in [5.41, 5.74) is 1.02. The van der Waals surface area contributed by atoms with Crippen LogP contribution in [0.4, 0.5) is 4.79 Å². The van der Waals surface area contributed by atoms with E-state index < -0.39 is 6.16 Å². The van der Waals surface area contributed by atoms with Crippen LogP contribution in [0, 0.1) is 0 Å². The zero-order chi connectivity index (χ0) is 7.86. The van der Waals surface area contributed by atoms with E-state index in [-0.39, 0.29) is 0 Å². The lowest BCUT2D eigenvalue weighted by molar-refractivity contribution is 0.137. The number of alkyl halides is 1. The third-order valence-electron chi connectivity index (χ3n) is 0.228. The van der Waals surface area contributed by atoms with Crippen LogP contribution in [0.2, 0.25) is 0 Å². The first-order chi connectivity index (χ1) is 4.00. The zero-order valence-corrected chi connectivity index (χ0v) is 5.85. The summed E-state index contributed by atoms with van der Waals surface area (Å²) < 4.78 is 0. The molecule has 4 heteroatoms. The lowest BCUT2D eigenvalue weighted by Gasteiger charge is -1.77. The summed E-state index contributed by atoms with van der Waals surface area (Å²) in [6.45, 7) is 5.44. The Morgan fingerprint density at radius 3 is 1.78 bits per heavy atom. The van der Waals surface area contributed by atoms with Crippen LogP contribution in [0.1, 0.15) is 6.92 Å². The van der Waals surface area contributed by atoms with E-state index in [1.807, 2.05) is 6.92 Å². The fourth-order valence-corrected chi connectivity index (χ4v) is 0. The third-order valence-corrected chi connectivity index (χ3v) is 0.684. The van der Waals surface area contributed by atoms with Gasteiger partial charge in [-0.3, -0.25) is 0 Å². The SMILES string of the molecule is C=C(C)CCl.O=C(O)O. The maximum Gasteiger partial charge on any atom is 0.503 e. The Balaban J connectivity index is 0. The van der Waals surface area contributed by atoms with Crippen LogP contribution in [-0.4, -0.2) is 22.2 Å². The number of hydrogen-bond donors (Lipinski definition) is 2. The summed E-state index contributed by atoms with van der Waals surface area (Å²) in [5, 5.41) is 13.9. The van der Waals surface area contributed by atoms with Gasteiger partial charge in [-0.2, -0.15) is 0 Å². The van der Waals surface area contributed by atoms with Gasteiger partial charge in [0.1, 0.15) is 0 Å². The van der Waals surface area contributed by atoms with Crippen molar-refractivity contribution in [3.63, 3.8) is 0 Å². The number of hydrogen-bond acceptors (Lipinski definition) is 1. The van der Waals surface area contributed by atoms with Crippen molar-refractivity contribution in [2.45, 2.75) is 6.92 Å². The molecule has 0 spiro atoms. The van der Waals surface area contributed by atoms with Crippen molar-refractivity contribution in [3.8, 4) is 0 Å². The molecular formula is C5H9ClO3. The first-order valence-corrected chi connectivity index (χ1v) is 2.66. The molecule has 0 radical (unpaired) electrons. The number of carboxylic acid groups (broad SMARTS) is 2. The fourth-order valence-electron chi connectivity index (χ4n) is 0. The van der Waals surface area contributed by atoms with Gasteiger partial charge in [-0.1, -0.05) is 12.2 Å². The Bertz CT molecular complexity index is 96.4. The van der Waals surface area contributed by atoms with Gasteiger partial charge in [0.2, 0.25) is 0 Å². The van der Waals surface area contributed by atoms with Crippen molar-refractivity contribution in [1.29, 1.82) is 0 Å². The quantitative estimate of drug-likeness (QED) is 0.447. The van der Waals surface area contributed by atoms with E-state index in [1.54, 1.807) is 0 Å². The summed E-state index contributed by atoms with van der Waals surface area (Å²) in [5.74, 6) is 0.583. The summed E-state index contributed by atoms with van der Waals surface area (Å²) >= 11 is 5.24. The average molecular weight is 153 g/mol. The molecule has 0 aromatic rings. The number of carbonyl (C=O) groups is 1. The minimum absolute atomic E-state index is 0.583. The fraction of sp³-hybridized carbons (Fsp3) is 0.400. The molecule has 0 aliphatic rings. The van der Waals surface area contributed by atoms with E-state index in [4.69, 9.17) is 26.6 Å². The summed E-state index contributed by atoms with van der Waals surface area (Å²) in [4.78, 5) is 8.56. The number of allylic oxidation sites excluding steroid dienone is 1. The highest BCUT2D eigenvalue weighted by Crippen LogP contribution is 1.86. The topological polar surface area (TPSA) is 57.5 Å². The van der Waals surface area contributed by atoms with Crippen molar-refractivity contribution >= 4 is 17.8 Å². The molecular weight excluding hydrogens is 144 g/mol. The Hall–Kier alpha value is -0.700. The first-order valence-electron chi connectivity index (χ1n) is 2.13. The van der Waals surface area contributed by atoms with E-state index in [2.05, 4.69) is 6.58 Å². The Kier molecular flexibility index (Phi) is 9.04. The molecule has 0 saturated carbocycles. The van der Waals surface area contributed by atoms with Gasteiger partial charge in [-0.25, -0.2) is 4.79 Å². The molecule has 0 aliphatic carbocycles. The maximum absolute atomic E-state index is 8.56. The smallest absolute Gasteiger partial charge is 0.450 e. The predicted octanol–water partition coefficient (Wildman–Crippen LogP) is 2.02. The molecule has 0 aromatic heterocycles. The summed E-state index contributed by atoms with van der Waals surface area (Å²) in [6.07, 6.45) is -1.83. The lowest BCUT2D eigenvalue weighted by Crippen LogP contribution is -1.81. The van der Waals surface area contributed by atoms with E-state index in [1.165, 1.54) is 0 Å². The highest BCUT2D eigenvalue weighted by Gasteiger charge is 1.70. The van der Waals surface area contributed by atoms with Crippen molar-refractivity contribution < 1.29 is 15.0 Å². The molecule has 2 N–H and O–H groups in total. The predicted molar refractivity (Wildman–Crippen MR) is 36.2 cm³/mol. The van der Waals surface area contributed by atoms with Crippen molar-refractivity contribution in [1.82, 2.24) is 0 Å². The molecule has 9 heavy (non-hydrogen) atoms. The van der Waals surface area contributed by atoms with Crippen molar-refractivity contribution in [2.75, 3.05) is 5.88 Å². The maximum atomic E-state index is 8.56. The molecule has 54 valence electrons. The second-order valence-electron chi connectivity index (χ2n) is 1.37. The van der Waals surface area contributed by atoms with Gasteiger partial charge in [0.15, 0.2) is 0 Å². The normalized spacial score (nSPS) is 6.89. The van der Waals surface area contributed by atoms with Gasteiger partial charge in [0.25, 0.3) is 0 Å². The molecule has 0 fully saturated rings. The highest BCUT2D eigenvalue weighted by molar-refractivity contribution is 6.19. The van der Waals surface area contributed by atoms with E-state index in [0.717, 1.165) is 5.57 Å². The molecule has 0 atom stereocenters. The van der Waals surface area contributed by atoms with Gasteiger partial charge in [-0.15, -0.1) is 11.6 Å². The summed E-state index contributed by atoms with van der Waals surface area (Å²) in [7, 11) is 0. The van der Waals surface area contributed by atoms with E-state index >= 15 is 0 Å². The largest absolute Gasteiger partial charge is 0.503 e. The Morgan fingerprint density at radius 2 is 1.78 bits per heavy atom. The number of rotatable bonds is 1. The number of halogens is 1. The monoisotopic (exact) mass is 152 g/mol. The van der Waals surface area contributed by atoms with Crippen LogP contribution in [0.5, 0.6) is 0 Å². The first kappa shape index (κ1) is 11.1. The van der Waals surface area contributed by atoms with Gasteiger partial charge in [0.05, 0.1) is 0 Å². The van der Waals surface area contributed by atoms with Gasteiger partial charge < -0.3 is 10.2 Å².